The SMILES string of the molecule is OCn1cc(Cc2cc(C(F)(F)F)cc(C(F)(F)F)c2)c2ccccc21. The first kappa shape index (κ1) is 18.3. The van der Waals surface area contributed by atoms with Crippen LogP contribution in [-0.2, 0) is 25.5 Å². The second-order valence-electron chi connectivity index (χ2n) is 5.87. The van der Waals surface area contributed by atoms with E-state index >= 15 is 0 Å². The first-order chi connectivity index (χ1) is 12.1. The molecule has 3 rings (SSSR count). The average Bonchev–Trinajstić information content (AvgIpc) is 2.91. The van der Waals surface area contributed by atoms with E-state index in [1.165, 1.54) is 10.8 Å². The Morgan fingerprint density at radius 1 is 0.846 bits per heavy atom. The summed E-state index contributed by atoms with van der Waals surface area (Å²) in [7, 11) is 0. The minimum absolute atomic E-state index is 0.104. The van der Waals surface area contributed by atoms with Gasteiger partial charge in [0.1, 0.15) is 6.73 Å². The molecular weight excluding hydrogens is 360 g/mol. The van der Waals surface area contributed by atoms with Crippen molar-refractivity contribution in [1.82, 2.24) is 4.57 Å². The molecule has 0 aliphatic heterocycles. The number of fused-ring (bicyclic) bond motifs is 1. The van der Waals surface area contributed by atoms with Crippen LogP contribution in [0.25, 0.3) is 10.9 Å². The van der Waals surface area contributed by atoms with Crippen molar-refractivity contribution in [1.29, 1.82) is 0 Å². The highest BCUT2D eigenvalue weighted by atomic mass is 19.4. The molecule has 0 saturated heterocycles. The molecule has 26 heavy (non-hydrogen) atoms. The number of aliphatic hydroxyl groups is 1. The average molecular weight is 373 g/mol. The molecule has 0 unspecified atom stereocenters. The van der Waals surface area contributed by atoms with Crippen LogP contribution in [0.3, 0.4) is 0 Å². The zero-order chi connectivity index (χ0) is 19.1. The Balaban J connectivity index is 2.10. The third kappa shape index (κ3) is 3.55. The first-order valence-corrected chi connectivity index (χ1v) is 7.55. The van der Waals surface area contributed by atoms with Crippen LogP contribution >= 0.6 is 0 Å². The number of rotatable bonds is 3. The fourth-order valence-electron chi connectivity index (χ4n) is 2.92. The third-order valence-electron chi connectivity index (χ3n) is 4.07. The van der Waals surface area contributed by atoms with Crippen molar-refractivity contribution < 1.29 is 31.4 Å². The number of aromatic nitrogens is 1. The summed E-state index contributed by atoms with van der Waals surface area (Å²) >= 11 is 0. The Labute approximate surface area is 144 Å². The van der Waals surface area contributed by atoms with Crippen molar-refractivity contribution >= 4 is 10.9 Å². The lowest BCUT2D eigenvalue weighted by Crippen LogP contribution is -2.12. The summed E-state index contributed by atoms with van der Waals surface area (Å²) in [5.41, 5.74) is -1.61. The molecule has 8 heteroatoms. The number of para-hydroxylation sites is 1. The van der Waals surface area contributed by atoms with Gasteiger partial charge < -0.3 is 9.67 Å². The molecule has 1 aromatic heterocycles. The molecule has 1 N–H and O–H groups in total. The van der Waals surface area contributed by atoms with Crippen LogP contribution < -0.4 is 0 Å². The lowest BCUT2D eigenvalue weighted by molar-refractivity contribution is -0.143. The number of aliphatic hydroxyl groups excluding tert-OH is 1. The standard InChI is InChI=1S/C18H13F6NO/c19-17(20,21)13-6-11(7-14(8-13)18(22,23)24)5-12-9-25(10-26)16-4-2-1-3-15(12)16/h1-4,6-9,26H,5,10H2. The predicted molar refractivity (Wildman–Crippen MR) is 83.4 cm³/mol. The molecule has 0 aliphatic carbocycles. The summed E-state index contributed by atoms with van der Waals surface area (Å²) in [6.45, 7) is -0.350. The van der Waals surface area contributed by atoms with Gasteiger partial charge in [0.25, 0.3) is 0 Å². The molecule has 0 fully saturated rings. The van der Waals surface area contributed by atoms with E-state index in [4.69, 9.17) is 0 Å². The fourth-order valence-corrected chi connectivity index (χ4v) is 2.92. The Kier molecular flexibility index (Phi) is 4.47. The van der Waals surface area contributed by atoms with Crippen LogP contribution in [0.15, 0.2) is 48.7 Å². The number of benzene rings is 2. The van der Waals surface area contributed by atoms with Crippen molar-refractivity contribution in [2.75, 3.05) is 0 Å². The maximum Gasteiger partial charge on any atom is 0.416 e. The number of hydrogen-bond donors (Lipinski definition) is 1. The van der Waals surface area contributed by atoms with E-state index in [2.05, 4.69) is 0 Å². The van der Waals surface area contributed by atoms with E-state index in [0.29, 0.717) is 16.5 Å². The zero-order valence-corrected chi connectivity index (χ0v) is 13.2. The van der Waals surface area contributed by atoms with E-state index in [9.17, 15) is 31.4 Å². The van der Waals surface area contributed by atoms with Gasteiger partial charge in [-0.3, -0.25) is 0 Å². The van der Waals surface area contributed by atoms with Gasteiger partial charge in [0.05, 0.1) is 16.6 Å². The Morgan fingerprint density at radius 3 is 1.96 bits per heavy atom. The van der Waals surface area contributed by atoms with Gasteiger partial charge >= 0.3 is 12.4 Å². The predicted octanol–water partition coefficient (Wildman–Crippen LogP) is 5.22. The first-order valence-electron chi connectivity index (χ1n) is 7.55. The van der Waals surface area contributed by atoms with Crippen molar-refractivity contribution in [2.24, 2.45) is 0 Å². The summed E-state index contributed by atoms with van der Waals surface area (Å²) in [6.07, 6.45) is -8.36. The Morgan fingerprint density at radius 2 is 1.42 bits per heavy atom. The maximum absolute atomic E-state index is 13.0. The summed E-state index contributed by atoms with van der Waals surface area (Å²) in [5, 5.41) is 10.0. The van der Waals surface area contributed by atoms with Crippen LogP contribution in [0.4, 0.5) is 26.3 Å². The van der Waals surface area contributed by atoms with E-state index in [1.807, 2.05) is 0 Å². The number of halogens is 6. The highest BCUT2D eigenvalue weighted by Crippen LogP contribution is 2.37. The van der Waals surface area contributed by atoms with Gasteiger partial charge in [-0.25, -0.2) is 0 Å². The molecule has 0 radical (unpaired) electrons. The van der Waals surface area contributed by atoms with Crippen molar-refractivity contribution in [2.45, 2.75) is 25.5 Å². The Bertz CT molecular complexity index is 907. The summed E-state index contributed by atoms with van der Waals surface area (Å²) in [5.74, 6) is 0. The number of alkyl halides is 6. The number of hydrogen-bond acceptors (Lipinski definition) is 1. The molecule has 0 bridgehead atoms. The van der Waals surface area contributed by atoms with E-state index in [-0.39, 0.29) is 24.8 Å². The highest BCUT2D eigenvalue weighted by molar-refractivity contribution is 5.84. The zero-order valence-electron chi connectivity index (χ0n) is 13.2. The minimum Gasteiger partial charge on any atom is -0.376 e. The van der Waals surface area contributed by atoms with Gasteiger partial charge in [-0.2, -0.15) is 26.3 Å². The summed E-state index contributed by atoms with van der Waals surface area (Å²) in [6, 6.07) is 8.41. The van der Waals surface area contributed by atoms with Gasteiger partial charge in [-0.15, -0.1) is 0 Å². The van der Waals surface area contributed by atoms with Gasteiger partial charge in [0.2, 0.25) is 0 Å². The third-order valence-corrected chi connectivity index (χ3v) is 4.07. The molecule has 0 spiro atoms. The van der Waals surface area contributed by atoms with Crippen LogP contribution in [0.2, 0.25) is 0 Å². The summed E-state index contributed by atoms with van der Waals surface area (Å²) in [4.78, 5) is 0. The molecule has 0 amide bonds. The second kappa shape index (κ2) is 6.35. The molecule has 0 saturated carbocycles. The largest absolute Gasteiger partial charge is 0.416 e. The molecule has 2 aromatic carbocycles. The Hall–Kier alpha value is -2.48. The van der Waals surface area contributed by atoms with Crippen LogP contribution in [0, 0.1) is 0 Å². The van der Waals surface area contributed by atoms with Crippen molar-refractivity contribution in [3.63, 3.8) is 0 Å². The molecule has 3 aromatic rings. The fraction of sp³-hybridized carbons (Fsp3) is 0.222. The minimum atomic E-state index is -4.88. The summed E-state index contributed by atoms with van der Waals surface area (Å²) < 4.78 is 79.4. The topological polar surface area (TPSA) is 25.2 Å². The molecular formula is C18H13F6NO. The normalized spacial score (nSPS) is 12.7. The van der Waals surface area contributed by atoms with Crippen LogP contribution in [0.5, 0.6) is 0 Å². The lowest BCUT2D eigenvalue weighted by Gasteiger charge is -2.14. The van der Waals surface area contributed by atoms with Crippen LogP contribution in [-0.4, -0.2) is 9.67 Å². The number of nitrogens with zero attached hydrogens (tertiary/aromatic N) is 1. The highest BCUT2D eigenvalue weighted by Gasteiger charge is 2.36. The van der Waals surface area contributed by atoms with Crippen molar-refractivity contribution in [3.05, 3.63) is 70.9 Å². The smallest absolute Gasteiger partial charge is 0.376 e. The van der Waals surface area contributed by atoms with Gasteiger partial charge in [-0.05, 0) is 41.8 Å². The maximum atomic E-state index is 13.0. The van der Waals surface area contributed by atoms with Gasteiger partial charge in [0.15, 0.2) is 0 Å². The van der Waals surface area contributed by atoms with Gasteiger partial charge in [0, 0.05) is 11.6 Å². The molecule has 138 valence electrons. The van der Waals surface area contributed by atoms with E-state index in [0.717, 1.165) is 12.1 Å². The van der Waals surface area contributed by atoms with Crippen molar-refractivity contribution in [3.8, 4) is 0 Å². The second-order valence-corrected chi connectivity index (χ2v) is 5.87. The lowest BCUT2D eigenvalue weighted by atomic mass is 9.99. The van der Waals surface area contributed by atoms with E-state index < -0.39 is 23.5 Å². The molecule has 0 atom stereocenters. The van der Waals surface area contributed by atoms with E-state index in [1.54, 1.807) is 24.3 Å². The molecule has 2 nitrogen and oxygen atoms in total. The van der Waals surface area contributed by atoms with Gasteiger partial charge in [-0.1, -0.05) is 18.2 Å². The molecule has 1 heterocycles. The monoisotopic (exact) mass is 373 g/mol. The van der Waals surface area contributed by atoms with Crippen LogP contribution in [0.1, 0.15) is 22.3 Å². The quantitative estimate of drug-likeness (QED) is 0.626. The molecule has 0 aliphatic rings.